The summed E-state index contributed by atoms with van der Waals surface area (Å²) in [5.41, 5.74) is 6.00. The first-order valence-electron chi connectivity index (χ1n) is 5.53. The molecular weight excluding hydrogens is 252 g/mol. The molecule has 1 aromatic heterocycles. The SMILES string of the molecule is CCCN(CC(=O)OC)c1nccc(C(N)=S)n1. The zero-order chi connectivity index (χ0) is 13.5. The maximum Gasteiger partial charge on any atom is 0.325 e. The van der Waals surface area contributed by atoms with Gasteiger partial charge in [0, 0.05) is 12.7 Å². The van der Waals surface area contributed by atoms with Gasteiger partial charge in [0.15, 0.2) is 0 Å². The quantitative estimate of drug-likeness (QED) is 0.594. The molecule has 0 radical (unpaired) electrons. The predicted molar refractivity (Wildman–Crippen MR) is 72.4 cm³/mol. The van der Waals surface area contributed by atoms with Crippen molar-refractivity contribution in [1.29, 1.82) is 0 Å². The Balaban J connectivity index is 2.94. The lowest BCUT2D eigenvalue weighted by molar-refractivity contribution is -0.138. The highest BCUT2D eigenvalue weighted by Crippen LogP contribution is 2.08. The van der Waals surface area contributed by atoms with Crippen molar-refractivity contribution < 1.29 is 9.53 Å². The molecule has 0 saturated heterocycles. The Kier molecular flexibility index (Phi) is 5.44. The fourth-order valence-electron chi connectivity index (χ4n) is 1.38. The molecule has 0 fully saturated rings. The molecule has 2 N–H and O–H groups in total. The van der Waals surface area contributed by atoms with Crippen LogP contribution in [0.5, 0.6) is 0 Å². The summed E-state index contributed by atoms with van der Waals surface area (Å²) in [6, 6.07) is 1.63. The van der Waals surface area contributed by atoms with E-state index in [0.29, 0.717) is 18.2 Å². The van der Waals surface area contributed by atoms with E-state index < -0.39 is 0 Å². The Hall–Kier alpha value is -1.76. The summed E-state index contributed by atoms with van der Waals surface area (Å²) in [7, 11) is 1.35. The third-order valence-corrected chi connectivity index (χ3v) is 2.43. The monoisotopic (exact) mass is 268 g/mol. The second kappa shape index (κ2) is 6.85. The number of rotatable bonds is 6. The van der Waals surface area contributed by atoms with Crippen molar-refractivity contribution in [2.45, 2.75) is 13.3 Å². The summed E-state index contributed by atoms with van der Waals surface area (Å²) in [4.78, 5) is 21.6. The number of carbonyl (C=O) groups is 1. The summed E-state index contributed by atoms with van der Waals surface area (Å²) in [5, 5.41) is 0. The van der Waals surface area contributed by atoms with Gasteiger partial charge in [-0.15, -0.1) is 0 Å². The van der Waals surface area contributed by atoms with Crippen LogP contribution in [0.1, 0.15) is 19.0 Å². The van der Waals surface area contributed by atoms with E-state index in [1.54, 1.807) is 17.2 Å². The van der Waals surface area contributed by atoms with Crippen LogP contribution in [0.2, 0.25) is 0 Å². The molecular formula is C11H16N4O2S. The lowest BCUT2D eigenvalue weighted by Crippen LogP contribution is -2.33. The number of thiocarbonyl (C=S) groups is 1. The molecule has 0 aromatic carbocycles. The fourth-order valence-corrected chi connectivity index (χ4v) is 1.49. The topological polar surface area (TPSA) is 81.3 Å². The first-order valence-corrected chi connectivity index (χ1v) is 5.94. The molecule has 0 bridgehead atoms. The highest BCUT2D eigenvalue weighted by atomic mass is 32.1. The molecule has 18 heavy (non-hydrogen) atoms. The van der Waals surface area contributed by atoms with E-state index in [2.05, 4.69) is 14.7 Å². The predicted octanol–water partition coefficient (Wildman–Crippen LogP) is 0.500. The molecule has 0 saturated carbocycles. The molecule has 0 unspecified atom stereocenters. The molecule has 1 heterocycles. The number of ether oxygens (including phenoxy) is 1. The van der Waals surface area contributed by atoms with Gasteiger partial charge in [0.25, 0.3) is 0 Å². The highest BCUT2D eigenvalue weighted by molar-refractivity contribution is 7.80. The lowest BCUT2D eigenvalue weighted by Gasteiger charge is -2.20. The Bertz CT molecular complexity index is 439. The minimum atomic E-state index is -0.340. The highest BCUT2D eigenvalue weighted by Gasteiger charge is 2.14. The molecule has 0 aliphatic carbocycles. The smallest absolute Gasteiger partial charge is 0.325 e. The molecule has 0 atom stereocenters. The normalized spacial score (nSPS) is 9.89. The minimum absolute atomic E-state index is 0.102. The van der Waals surface area contributed by atoms with Crippen LogP contribution in [-0.4, -0.2) is 41.1 Å². The van der Waals surface area contributed by atoms with E-state index in [-0.39, 0.29) is 17.5 Å². The number of nitrogens with zero attached hydrogens (tertiary/aromatic N) is 3. The van der Waals surface area contributed by atoms with E-state index in [1.807, 2.05) is 6.92 Å². The van der Waals surface area contributed by atoms with Crippen LogP contribution in [0.3, 0.4) is 0 Å². The third kappa shape index (κ3) is 3.92. The molecule has 0 amide bonds. The summed E-state index contributed by atoms with van der Waals surface area (Å²) >= 11 is 4.86. The number of methoxy groups -OCH3 is 1. The van der Waals surface area contributed by atoms with Crippen molar-refractivity contribution in [2.24, 2.45) is 5.73 Å². The van der Waals surface area contributed by atoms with Crippen molar-refractivity contribution in [1.82, 2.24) is 9.97 Å². The van der Waals surface area contributed by atoms with E-state index in [0.717, 1.165) is 6.42 Å². The molecule has 0 aliphatic rings. The first kappa shape index (κ1) is 14.3. The minimum Gasteiger partial charge on any atom is -0.468 e. The Morgan fingerprint density at radius 1 is 1.61 bits per heavy atom. The standard InChI is InChI=1S/C11H16N4O2S/c1-3-6-15(7-9(16)17-2)11-13-5-4-8(14-11)10(12)18/h4-5H,3,6-7H2,1-2H3,(H2,12,18). The zero-order valence-electron chi connectivity index (χ0n) is 10.4. The Morgan fingerprint density at radius 3 is 2.89 bits per heavy atom. The van der Waals surface area contributed by atoms with Gasteiger partial charge in [0.2, 0.25) is 5.95 Å². The summed E-state index contributed by atoms with van der Waals surface area (Å²) < 4.78 is 4.64. The maximum atomic E-state index is 11.3. The number of hydrogen-bond donors (Lipinski definition) is 1. The Labute approximate surface area is 111 Å². The number of carbonyl (C=O) groups excluding carboxylic acids is 1. The van der Waals surface area contributed by atoms with Gasteiger partial charge in [-0.25, -0.2) is 9.97 Å². The fraction of sp³-hybridized carbons (Fsp3) is 0.455. The van der Waals surface area contributed by atoms with Gasteiger partial charge >= 0.3 is 5.97 Å². The van der Waals surface area contributed by atoms with Crippen LogP contribution in [0.15, 0.2) is 12.3 Å². The number of nitrogens with two attached hydrogens (primary N) is 1. The van der Waals surface area contributed by atoms with E-state index in [9.17, 15) is 4.79 Å². The van der Waals surface area contributed by atoms with Gasteiger partial charge in [-0.05, 0) is 12.5 Å². The van der Waals surface area contributed by atoms with Gasteiger partial charge in [0.1, 0.15) is 17.2 Å². The van der Waals surface area contributed by atoms with E-state index >= 15 is 0 Å². The molecule has 0 spiro atoms. The number of esters is 1. The summed E-state index contributed by atoms with van der Waals surface area (Å²) in [5.74, 6) is 0.0836. The maximum absolute atomic E-state index is 11.3. The average molecular weight is 268 g/mol. The van der Waals surface area contributed by atoms with Crippen molar-refractivity contribution in [2.75, 3.05) is 25.1 Å². The van der Waals surface area contributed by atoms with Crippen LogP contribution in [0, 0.1) is 0 Å². The summed E-state index contributed by atoms with van der Waals surface area (Å²) in [6.07, 6.45) is 2.43. The first-order chi connectivity index (χ1) is 8.58. The molecule has 7 heteroatoms. The molecule has 6 nitrogen and oxygen atoms in total. The van der Waals surface area contributed by atoms with Crippen LogP contribution in [-0.2, 0) is 9.53 Å². The number of anilines is 1. The summed E-state index contributed by atoms with van der Waals surface area (Å²) in [6.45, 7) is 2.75. The number of hydrogen-bond acceptors (Lipinski definition) is 6. The van der Waals surface area contributed by atoms with Crippen molar-refractivity contribution in [3.63, 3.8) is 0 Å². The second-order valence-electron chi connectivity index (χ2n) is 3.60. The van der Waals surface area contributed by atoms with Gasteiger partial charge in [-0.2, -0.15) is 0 Å². The largest absolute Gasteiger partial charge is 0.468 e. The van der Waals surface area contributed by atoms with Crippen LogP contribution in [0.25, 0.3) is 0 Å². The second-order valence-corrected chi connectivity index (χ2v) is 4.04. The zero-order valence-corrected chi connectivity index (χ0v) is 11.2. The molecule has 1 aromatic rings. The van der Waals surface area contributed by atoms with E-state index in [4.69, 9.17) is 18.0 Å². The molecule has 0 aliphatic heterocycles. The van der Waals surface area contributed by atoms with Gasteiger partial charge < -0.3 is 15.4 Å². The van der Waals surface area contributed by atoms with Crippen molar-refractivity contribution >= 4 is 29.1 Å². The number of aromatic nitrogens is 2. The Morgan fingerprint density at radius 2 is 2.33 bits per heavy atom. The van der Waals surface area contributed by atoms with Crippen LogP contribution >= 0.6 is 12.2 Å². The average Bonchev–Trinajstić information content (AvgIpc) is 2.38. The van der Waals surface area contributed by atoms with Gasteiger partial charge in [0.05, 0.1) is 7.11 Å². The third-order valence-electron chi connectivity index (χ3n) is 2.22. The van der Waals surface area contributed by atoms with E-state index in [1.165, 1.54) is 7.11 Å². The molecule has 98 valence electrons. The van der Waals surface area contributed by atoms with Crippen molar-refractivity contribution in [3.8, 4) is 0 Å². The van der Waals surface area contributed by atoms with Gasteiger partial charge in [-0.1, -0.05) is 19.1 Å². The van der Waals surface area contributed by atoms with Crippen LogP contribution < -0.4 is 10.6 Å². The van der Waals surface area contributed by atoms with Gasteiger partial charge in [-0.3, -0.25) is 4.79 Å². The lowest BCUT2D eigenvalue weighted by atomic mass is 10.4. The van der Waals surface area contributed by atoms with Crippen molar-refractivity contribution in [3.05, 3.63) is 18.0 Å². The van der Waals surface area contributed by atoms with Crippen LogP contribution in [0.4, 0.5) is 5.95 Å². The molecule has 1 rings (SSSR count).